The number of hydrogen-bond acceptors (Lipinski definition) is 5. The second kappa shape index (κ2) is 8.78. The first-order valence-corrected chi connectivity index (χ1v) is 9.42. The van der Waals surface area contributed by atoms with Crippen LogP contribution in [-0.4, -0.2) is 68.3 Å². The van der Waals surface area contributed by atoms with Crippen molar-refractivity contribution in [2.24, 2.45) is 0 Å². The van der Waals surface area contributed by atoms with Crippen LogP contribution in [0.1, 0.15) is 18.4 Å². The van der Waals surface area contributed by atoms with Crippen LogP contribution in [0.15, 0.2) is 12.1 Å². The second-order valence-corrected chi connectivity index (χ2v) is 7.32. The van der Waals surface area contributed by atoms with Crippen LogP contribution in [0.5, 0.6) is 11.5 Å². The lowest BCUT2D eigenvalue weighted by Crippen LogP contribution is -2.50. The number of rotatable bonds is 3. The molecule has 1 atom stereocenters. The summed E-state index contributed by atoms with van der Waals surface area (Å²) in [5, 5.41) is 4.13. The van der Waals surface area contributed by atoms with Crippen LogP contribution >= 0.6 is 24.0 Å². The minimum atomic E-state index is 0. The molecule has 3 aliphatic rings. The van der Waals surface area contributed by atoms with E-state index < -0.39 is 0 Å². The summed E-state index contributed by atoms with van der Waals surface area (Å²) in [7, 11) is 0. The number of ether oxygens (including phenoxy) is 2. The first-order chi connectivity index (χ1) is 11.8. The first-order valence-electron chi connectivity index (χ1n) is 9.05. The zero-order chi connectivity index (χ0) is 16.4. The van der Waals surface area contributed by atoms with E-state index in [1.165, 1.54) is 18.5 Å². The Morgan fingerprint density at radius 1 is 1.12 bits per heavy atom. The molecular weight excluding hydrogens is 361 g/mol. The van der Waals surface area contributed by atoms with Gasteiger partial charge < -0.3 is 14.8 Å². The predicted octanol–water partition coefficient (Wildman–Crippen LogP) is 2.40. The molecule has 1 unspecified atom stereocenters. The SMILES string of the molecule is Cl.Clc1cc(CN2CCN(C3CCNC3)CC2)cc2c1OCCCO2. The van der Waals surface area contributed by atoms with Crippen LogP contribution in [0.4, 0.5) is 0 Å². The molecule has 0 aliphatic carbocycles. The average molecular weight is 388 g/mol. The summed E-state index contributed by atoms with van der Waals surface area (Å²) >= 11 is 6.41. The van der Waals surface area contributed by atoms with E-state index in [4.69, 9.17) is 21.1 Å². The molecule has 0 radical (unpaired) electrons. The van der Waals surface area contributed by atoms with Crippen LogP contribution in [-0.2, 0) is 6.54 Å². The molecular formula is C18H27Cl2N3O2. The van der Waals surface area contributed by atoms with Gasteiger partial charge in [-0.15, -0.1) is 12.4 Å². The molecule has 0 spiro atoms. The number of nitrogens with one attached hydrogen (secondary N) is 1. The van der Waals surface area contributed by atoms with Gasteiger partial charge in [-0.3, -0.25) is 9.80 Å². The lowest BCUT2D eigenvalue weighted by Gasteiger charge is -2.37. The molecule has 3 heterocycles. The van der Waals surface area contributed by atoms with E-state index in [1.54, 1.807) is 0 Å². The molecule has 2 saturated heterocycles. The standard InChI is InChI=1S/C18H26ClN3O2.ClH/c19-16-10-14(11-17-18(16)24-9-1-8-23-17)13-21-4-6-22(7-5-21)15-2-3-20-12-15;/h10-11,15,20H,1-9,12-13H2;1H. The maximum Gasteiger partial charge on any atom is 0.179 e. The minimum absolute atomic E-state index is 0. The van der Waals surface area contributed by atoms with Gasteiger partial charge in [0.05, 0.1) is 18.2 Å². The third-order valence-corrected chi connectivity index (χ3v) is 5.51. The van der Waals surface area contributed by atoms with Crippen LogP contribution in [0.2, 0.25) is 5.02 Å². The lowest BCUT2D eigenvalue weighted by molar-refractivity contribution is 0.0981. The van der Waals surface area contributed by atoms with E-state index in [9.17, 15) is 0 Å². The molecule has 1 N–H and O–H groups in total. The van der Waals surface area contributed by atoms with Crippen LogP contribution in [0.25, 0.3) is 0 Å². The van der Waals surface area contributed by atoms with E-state index in [1.807, 2.05) is 6.07 Å². The smallest absolute Gasteiger partial charge is 0.179 e. The number of hydrogen-bond donors (Lipinski definition) is 1. The van der Waals surface area contributed by atoms with Gasteiger partial charge in [0, 0.05) is 51.7 Å². The normalized spacial score (nSPS) is 24.6. The van der Waals surface area contributed by atoms with E-state index >= 15 is 0 Å². The largest absolute Gasteiger partial charge is 0.489 e. The fourth-order valence-corrected chi connectivity index (χ4v) is 4.16. The van der Waals surface area contributed by atoms with Gasteiger partial charge in [-0.05, 0) is 30.7 Å². The van der Waals surface area contributed by atoms with Gasteiger partial charge >= 0.3 is 0 Å². The summed E-state index contributed by atoms with van der Waals surface area (Å²) in [6, 6.07) is 4.86. The third kappa shape index (κ3) is 4.52. The molecule has 5 nitrogen and oxygen atoms in total. The van der Waals surface area contributed by atoms with Crippen molar-refractivity contribution in [1.29, 1.82) is 0 Å². The van der Waals surface area contributed by atoms with Gasteiger partial charge in [0.1, 0.15) is 0 Å². The molecule has 3 aliphatic heterocycles. The van der Waals surface area contributed by atoms with E-state index in [2.05, 4.69) is 21.2 Å². The van der Waals surface area contributed by atoms with Crippen LogP contribution < -0.4 is 14.8 Å². The lowest BCUT2D eigenvalue weighted by atomic mass is 10.1. The summed E-state index contributed by atoms with van der Waals surface area (Å²) in [5.41, 5.74) is 1.21. The van der Waals surface area contributed by atoms with Crippen molar-refractivity contribution in [3.63, 3.8) is 0 Å². The van der Waals surface area contributed by atoms with Gasteiger partial charge in [-0.1, -0.05) is 11.6 Å². The highest BCUT2D eigenvalue weighted by Gasteiger charge is 2.26. The minimum Gasteiger partial charge on any atom is -0.489 e. The highest BCUT2D eigenvalue weighted by molar-refractivity contribution is 6.32. The van der Waals surface area contributed by atoms with Gasteiger partial charge in [-0.25, -0.2) is 0 Å². The van der Waals surface area contributed by atoms with Crippen molar-refractivity contribution in [2.45, 2.75) is 25.4 Å². The Kier molecular flexibility index (Phi) is 6.69. The number of halogens is 2. The Balaban J connectivity index is 0.00000182. The summed E-state index contributed by atoms with van der Waals surface area (Å²) < 4.78 is 11.5. The van der Waals surface area contributed by atoms with Gasteiger partial charge in [0.2, 0.25) is 0 Å². The molecule has 0 aromatic heterocycles. The topological polar surface area (TPSA) is 37.0 Å². The Morgan fingerprint density at radius 3 is 2.68 bits per heavy atom. The Labute approximate surface area is 161 Å². The molecule has 0 amide bonds. The van der Waals surface area contributed by atoms with Crippen LogP contribution in [0.3, 0.4) is 0 Å². The third-order valence-electron chi connectivity index (χ3n) is 5.23. The summed E-state index contributed by atoms with van der Waals surface area (Å²) in [4.78, 5) is 5.14. The molecule has 1 aromatic rings. The molecule has 25 heavy (non-hydrogen) atoms. The maximum absolute atomic E-state index is 6.41. The van der Waals surface area contributed by atoms with Crippen molar-refractivity contribution in [3.8, 4) is 11.5 Å². The molecule has 0 saturated carbocycles. The fourth-order valence-electron chi connectivity index (χ4n) is 3.87. The average Bonchev–Trinajstić information content (AvgIpc) is 3.01. The number of piperazine rings is 1. The molecule has 0 bridgehead atoms. The summed E-state index contributed by atoms with van der Waals surface area (Å²) in [5.74, 6) is 1.50. The summed E-state index contributed by atoms with van der Waals surface area (Å²) in [6.45, 7) is 9.15. The molecule has 7 heteroatoms. The monoisotopic (exact) mass is 387 g/mol. The van der Waals surface area contributed by atoms with E-state index in [-0.39, 0.29) is 12.4 Å². The van der Waals surface area contributed by atoms with Crippen molar-refractivity contribution in [3.05, 3.63) is 22.7 Å². The van der Waals surface area contributed by atoms with Crippen molar-refractivity contribution >= 4 is 24.0 Å². The van der Waals surface area contributed by atoms with Crippen molar-refractivity contribution in [2.75, 3.05) is 52.5 Å². The quantitative estimate of drug-likeness (QED) is 0.861. The highest BCUT2D eigenvalue weighted by Crippen LogP contribution is 2.38. The van der Waals surface area contributed by atoms with E-state index in [0.717, 1.165) is 57.5 Å². The van der Waals surface area contributed by atoms with Crippen molar-refractivity contribution in [1.82, 2.24) is 15.1 Å². The Hall–Kier alpha value is -0.720. The number of nitrogens with zero attached hydrogens (tertiary/aromatic N) is 2. The Bertz CT molecular complexity index is 574. The maximum atomic E-state index is 6.41. The fraction of sp³-hybridized carbons (Fsp3) is 0.667. The highest BCUT2D eigenvalue weighted by atomic mass is 35.5. The summed E-state index contributed by atoms with van der Waals surface area (Å²) in [6.07, 6.45) is 2.19. The number of fused-ring (bicyclic) bond motifs is 1. The molecule has 2 fully saturated rings. The first kappa shape index (κ1) is 19.1. The van der Waals surface area contributed by atoms with Gasteiger partial charge in [-0.2, -0.15) is 0 Å². The zero-order valence-corrected chi connectivity index (χ0v) is 16.1. The van der Waals surface area contributed by atoms with Crippen molar-refractivity contribution < 1.29 is 9.47 Å². The molecule has 1 aromatic carbocycles. The van der Waals surface area contributed by atoms with E-state index in [0.29, 0.717) is 24.0 Å². The second-order valence-electron chi connectivity index (χ2n) is 6.91. The van der Waals surface area contributed by atoms with Gasteiger partial charge in [0.15, 0.2) is 11.5 Å². The molecule has 4 rings (SSSR count). The van der Waals surface area contributed by atoms with Gasteiger partial charge in [0.25, 0.3) is 0 Å². The molecule has 140 valence electrons. The van der Waals surface area contributed by atoms with Crippen LogP contribution in [0, 0.1) is 0 Å². The predicted molar refractivity (Wildman–Crippen MR) is 102 cm³/mol. The zero-order valence-electron chi connectivity index (χ0n) is 14.5. The number of benzene rings is 1. The Morgan fingerprint density at radius 2 is 1.92 bits per heavy atom.